The van der Waals surface area contributed by atoms with Gasteiger partial charge in [0.1, 0.15) is 11.5 Å². The molecule has 2 aromatic carbocycles. The number of ether oxygens (including phenoxy) is 2. The number of halogens is 2. The topological polar surface area (TPSA) is 52.6 Å². The second kappa shape index (κ2) is 8.08. The molecule has 118 valence electrons. The van der Waals surface area contributed by atoms with Crippen LogP contribution in [0.5, 0.6) is 11.5 Å². The molecule has 2 rings (SSSR count). The van der Waals surface area contributed by atoms with Crippen LogP contribution in [0, 0.1) is 0 Å². The maximum Gasteiger partial charge on any atom is 0.339 e. The van der Waals surface area contributed by atoms with Crippen LogP contribution in [-0.4, -0.2) is 11.9 Å². The van der Waals surface area contributed by atoms with E-state index in [1.54, 1.807) is 48.5 Å². The van der Waals surface area contributed by atoms with Crippen molar-refractivity contribution in [2.75, 3.05) is 0 Å². The third-order valence-corrected chi connectivity index (χ3v) is 4.06. The molecule has 0 heterocycles. The van der Waals surface area contributed by atoms with Crippen LogP contribution in [0.25, 0.3) is 0 Å². The van der Waals surface area contributed by atoms with E-state index in [0.717, 1.165) is 0 Å². The molecule has 0 aromatic heterocycles. The number of para-hydroxylation sites is 2. The summed E-state index contributed by atoms with van der Waals surface area (Å²) in [6.45, 7) is 3.58. The Morgan fingerprint density at radius 2 is 1.35 bits per heavy atom. The molecule has 0 bridgehead atoms. The molecule has 0 radical (unpaired) electrons. The lowest BCUT2D eigenvalue weighted by Crippen LogP contribution is -2.16. The summed E-state index contributed by atoms with van der Waals surface area (Å²) in [7, 11) is 0. The van der Waals surface area contributed by atoms with E-state index in [1.807, 2.05) is 0 Å². The fourth-order valence-corrected chi connectivity index (χ4v) is 2.36. The van der Waals surface area contributed by atoms with Gasteiger partial charge in [-0.25, -0.2) is 4.79 Å². The summed E-state index contributed by atoms with van der Waals surface area (Å²) in [6.07, 6.45) is -0.259. The highest BCUT2D eigenvalue weighted by Crippen LogP contribution is 2.26. The minimum atomic E-state index is -0.680. The van der Waals surface area contributed by atoms with E-state index in [1.165, 1.54) is 0 Å². The van der Waals surface area contributed by atoms with Crippen molar-refractivity contribution < 1.29 is 19.1 Å². The number of carbonyl (C=O) groups is 2. The lowest BCUT2D eigenvalue weighted by atomic mass is 10.2. The smallest absolute Gasteiger partial charge is 0.339 e. The van der Waals surface area contributed by atoms with Gasteiger partial charge in [0.05, 0.1) is 15.4 Å². The predicted molar refractivity (Wildman–Crippen MR) is 93.3 cm³/mol. The molecule has 0 fully saturated rings. The zero-order valence-corrected chi connectivity index (χ0v) is 15.1. The molecule has 0 saturated carbocycles. The summed E-state index contributed by atoms with van der Waals surface area (Å²) in [5.74, 6) is -0.533. The van der Waals surface area contributed by atoms with E-state index in [9.17, 15) is 9.59 Å². The molecule has 0 amide bonds. The largest absolute Gasteiger partial charge is 0.425 e. The van der Waals surface area contributed by atoms with Crippen LogP contribution >= 0.6 is 31.9 Å². The number of rotatable bonds is 5. The summed E-state index contributed by atoms with van der Waals surface area (Å²) in [4.78, 5) is 23.8. The number of esters is 2. The Morgan fingerprint density at radius 3 is 1.87 bits per heavy atom. The fraction of sp³-hybridized carbons (Fsp3) is 0.0588. The quantitative estimate of drug-likeness (QED) is 0.386. The summed E-state index contributed by atoms with van der Waals surface area (Å²) in [6, 6.07) is 13.8. The van der Waals surface area contributed by atoms with E-state index in [0.29, 0.717) is 20.4 Å². The first-order valence-corrected chi connectivity index (χ1v) is 8.15. The average molecular weight is 440 g/mol. The van der Waals surface area contributed by atoms with Crippen LogP contribution in [0.3, 0.4) is 0 Å². The first kappa shape index (κ1) is 17.4. The van der Waals surface area contributed by atoms with Gasteiger partial charge in [-0.05, 0) is 56.1 Å². The van der Waals surface area contributed by atoms with Crippen LogP contribution in [0.4, 0.5) is 0 Å². The van der Waals surface area contributed by atoms with Gasteiger partial charge >= 0.3 is 11.9 Å². The normalized spacial score (nSPS) is 10.0. The van der Waals surface area contributed by atoms with Gasteiger partial charge < -0.3 is 9.47 Å². The van der Waals surface area contributed by atoms with E-state index < -0.39 is 11.9 Å². The Bertz CT molecular complexity index is 756. The van der Waals surface area contributed by atoms with E-state index in [-0.39, 0.29) is 12.0 Å². The molecule has 0 aliphatic carbocycles. The SMILES string of the molecule is C=C(CC(=O)Oc1ccccc1Br)C(=O)Oc1ccccc1Br. The second-order valence-corrected chi connectivity index (χ2v) is 6.21. The zero-order valence-electron chi connectivity index (χ0n) is 11.9. The van der Waals surface area contributed by atoms with Gasteiger partial charge in [-0.1, -0.05) is 30.8 Å². The zero-order chi connectivity index (χ0) is 16.8. The predicted octanol–water partition coefficient (Wildman–Crippen LogP) is 4.67. The highest BCUT2D eigenvalue weighted by molar-refractivity contribution is 9.10. The van der Waals surface area contributed by atoms with Crippen LogP contribution in [-0.2, 0) is 9.59 Å². The summed E-state index contributed by atoms with van der Waals surface area (Å²) < 4.78 is 11.6. The van der Waals surface area contributed by atoms with Crippen LogP contribution < -0.4 is 9.47 Å². The number of hydrogen-bond donors (Lipinski definition) is 0. The molecule has 0 saturated heterocycles. The van der Waals surface area contributed by atoms with Crippen molar-refractivity contribution in [3.05, 3.63) is 69.6 Å². The molecule has 4 nitrogen and oxygen atoms in total. The second-order valence-electron chi connectivity index (χ2n) is 4.50. The third-order valence-electron chi connectivity index (χ3n) is 2.75. The third kappa shape index (κ3) is 5.04. The number of carbonyl (C=O) groups excluding carboxylic acids is 2. The van der Waals surface area contributed by atoms with Gasteiger partial charge in [0.15, 0.2) is 0 Å². The monoisotopic (exact) mass is 438 g/mol. The molecule has 23 heavy (non-hydrogen) atoms. The van der Waals surface area contributed by atoms with Gasteiger partial charge in [-0.15, -0.1) is 0 Å². The molecule has 0 aliphatic rings. The molecule has 0 N–H and O–H groups in total. The maximum absolute atomic E-state index is 12.0. The molecule has 0 atom stereocenters. The van der Waals surface area contributed by atoms with Gasteiger partial charge in [0.2, 0.25) is 0 Å². The Balaban J connectivity index is 1.93. The molecule has 0 aliphatic heterocycles. The van der Waals surface area contributed by atoms with Gasteiger partial charge in [0.25, 0.3) is 0 Å². The van der Waals surface area contributed by atoms with E-state index >= 15 is 0 Å². The molecular weight excluding hydrogens is 428 g/mol. The molecular formula is C17H12Br2O4. The number of benzene rings is 2. The molecule has 0 unspecified atom stereocenters. The van der Waals surface area contributed by atoms with Gasteiger partial charge in [-0.2, -0.15) is 0 Å². The Morgan fingerprint density at radius 1 is 0.870 bits per heavy atom. The Hall–Kier alpha value is -1.92. The van der Waals surface area contributed by atoms with E-state index in [4.69, 9.17) is 9.47 Å². The maximum atomic E-state index is 12.0. The van der Waals surface area contributed by atoms with Crippen molar-refractivity contribution in [1.29, 1.82) is 0 Å². The van der Waals surface area contributed by atoms with Crippen molar-refractivity contribution >= 4 is 43.8 Å². The Kier molecular flexibility index (Phi) is 6.12. The lowest BCUT2D eigenvalue weighted by Gasteiger charge is -2.09. The lowest BCUT2D eigenvalue weighted by molar-refractivity contribution is -0.136. The highest BCUT2D eigenvalue weighted by Gasteiger charge is 2.17. The van der Waals surface area contributed by atoms with E-state index in [2.05, 4.69) is 38.4 Å². The molecule has 6 heteroatoms. The Labute approximate surface area is 150 Å². The first-order chi connectivity index (χ1) is 11.0. The summed E-state index contributed by atoms with van der Waals surface area (Å²) >= 11 is 6.55. The summed E-state index contributed by atoms with van der Waals surface area (Å²) in [5.41, 5.74) is 0.0119. The minimum absolute atomic E-state index is 0.0119. The van der Waals surface area contributed by atoms with Crippen LogP contribution in [0.1, 0.15) is 6.42 Å². The minimum Gasteiger partial charge on any atom is -0.425 e. The van der Waals surface area contributed by atoms with Crippen LogP contribution in [0.15, 0.2) is 69.6 Å². The first-order valence-electron chi connectivity index (χ1n) is 6.57. The highest BCUT2D eigenvalue weighted by atomic mass is 79.9. The molecule has 2 aromatic rings. The molecule has 0 spiro atoms. The van der Waals surface area contributed by atoms with Crippen molar-refractivity contribution in [1.82, 2.24) is 0 Å². The fourth-order valence-electron chi connectivity index (χ4n) is 1.63. The number of hydrogen-bond acceptors (Lipinski definition) is 4. The van der Waals surface area contributed by atoms with Crippen molar-refractivity contribution in [2.24, 2.45) is 0 Å². The van der Waals surface area contributed by atoms with Gasteiger partial charge in [0, 0.05) is 5.57 Å². The van der Waals surface area contributed by atoms with Crippen molar-refractivity contribution in [2.45, 2.75) is 6.42 Å². The summed E-state index contributed by atoms with van der Waals surface area (Å²) in [5, 5.41) is 0. The van der Waals surface area contributed by atoms with Gasteiger partial charge in [-0.3, -0.25) is 4.79 Å². The standard InChI is InChI=1S/C17H12Br2O4/c1-11(17(21)23-15-9-5-3-7-13(15)19)10-16(20)22-14-8-4-2-6-12(14)18/h2-9H,1,10H2. The average Bonchev–Trinajstić information content (AvgIpc) is 2.51. The van der Waals surface area contributed by atoms with Crippen LogP contribution in [0.2, 0.25) is 0 Å². The van der Waals surface area contributed by atoms with Crippen molar-refractivity contribution in [3.63, 3.8) is 0 Å². The van der Waals surface area contributed by atoms with Crippen molar-refractivity contribution in [3.8, 4) is 11.5 Å².